The molecule has 8 nitrogen and oxygen atoms in total. The van der Waals surface area contributed by atoms with Crippen LogP contribution in [0, 0.1) is 13.8 Å². The molecule has 0 aliphatic rings. The van der Waals surface area contributed by atoms with E-state index in [0.29, 0.717) is 13.1 Å². The van der Waals surface area contributed by atoms with Crippen LogP contribution in [0.5, 0.6) is 5.75 Å². The minimum absolute atomic E-state index is 0.540. The van der Waals surface area contributed by atoms with E-state index in [9.17, 15) is 0 Å². The highest BCUT2D eigenvalue weighted by atomic mass is 16.5. The summed E-state index contributed by atoms with van der Waals surface area (Å²) in [5.41, 5.74) is 4.86. The van der Waals surface area contributed by atoms with Crippen LogP contribution in [0.1, 0.15) is 28.3 Å². The highest BCUT2D eigenvalue weighted by molar-refractivity contribution is 5.86. The van der Waals surface area contributed by atoms with Gasteiger partial charge in [-0.2, -0.15) is 0 Å². The molecular weight excluding hydrogens is 414 g/mol. The summed E-state index contributed by atoms with van der Waals surface area (Å²) in [6.07, 6.45) is 2.99. The molecule has 0 aliphatic heterocycles. The number of rotatable bonds is 8. The summed E-state index contributed by atoms with van der Waals surface area (Å²) in [6, 6.07) is 14.4. The van der Waals surface area contributed by atoms with E-state index >= 15 is 0 Å². The normalized spacial score (nSPS) is 11.7. The smallest absolute Gasteiger partial charge is 0.191 e. The van der Waals surface area contributed by atoms with Crippen molar-refractivity contribution in [3.63, 3.8) is 0 Å². The van der Waals surface area contributed by atoms with E-state index in [1.807, 2.05) is 42.8 Å². The monoisotopic (exact) mass is 445 g/mol. The van der Waals surface area contributed by atoms with E-state index in [4.69, 9.17) is 9.73 Å². The van der Waals surface area contributed by atoms with E-state index < -0.39 is 0 Å². The fourth-order valence-electron chi connectivity index (χ4n) is 3.73. The predicted octanol–water partition coefficient (Wildman–Crippen LogP) is 3.40. The number of aliphatic imine (C=N–C) groups is 1. The Balaban J connectivity index is 1.43. The lowest BCUT2D eigenvalue weighted by Crippen LogP contribution is -2.38. The van der Waals surface area contributed by atoms with Gasteiger partial charge in [0.05, 0.1) is 20.2 Å². The van der Waals surface area contributed by atoms with E-state index in [2.05, 4.69) is 57.1 Å². The van der Waals surface area contributed by atoms with Gasteiger partial charge < -0.3 is 24.9 Å². The van der Waals surface area contributed by atoms with Crippen LogP contribution in [0.2, 0.25) is 0 Å². The fraction of sp³-hybridized carbons (Fsp3) is 0.320. The highest BCUT2D eigenvalue weighted by Gasteiger charge is 2.08. The second kappa shape index (κ2) is 10.2. The first-order chi connectivity index (χ1) is 16.0. The number of nitrogens with zero attached hydrogens (tertiary/aromatic N) is 4. The van der Waals surface area contributed by atoms with Crippen LogP contribution in [-0.2, 0) is 26.6 Å². The zero-order valence-corrected chi connectivity index (χ0v) is 19.6. The van der Waals surface area contributed by atoms with Gasteiger partial charge >= 0.3 is 0 Å². The maximum atomic E-state index is 5.24. The quantitative estimate of drug-likeness (QED) is 0.286. The Kier molecular flexibility index (Phi) is 6.92. The zero-order chi connectivity index (χ0) is 23.2. The molecule has 0 amide bonds. The number of guanidine groups is 1. The summed E-state index contributed by atoms with van der Waals surface area (Å²) < 4.78 is 7.22. The highest BCUT2D eigenvalue weighted by Crippen LogP contribution is 2.21. The number of aromatic amines is 1. The number of benzene rings is 2. The Morgan fingerprint density at radius 2 is 1.91 bits per heavy atom. The molecule has 0 aliphatic carbocycles. The summed E-state index contributed by atoms with van der Waals surface area (Å²) in [5, 5.41) is 16.5. The van der Waals surface area contributed by atoms with Gasteiger partial charge in [0.2, 0.25) is 0 Å². The molecule has 0 bridgehead atoms. The van der Waals surface area contributed by atoms with E-state index in [1.165, 1.54) is 22.0 Å². The summed E-state index contributed by atoms with van der Waals surface area (Å²) in [4.78, 5) is 8.19. The molecule has 33 heavy (non-hydrogen) atoms. The molecule has 0 fully saturated rings. The molecule has 4 rings (SSSR count). The molecule has 0 saturated carbocycles. The standard InChI is InChI=1S/C25H31N7O/c1-17-6-5-7-22-20(15-27-24(17)22)12-13-26-25(29-16-23-31-30-18(2)32(23)3)28-14-19-8-10-21(33-4)11-9-19/h5-11,15,27H,12-14,16H2,1-4H3,(H2,26,28,29). The van der Waals surface area contributed by atoms with Crippen LogP contribution in [-0.4, -0.2) is 39.4 Å². The molecular formula is C25H31N7O. The van der Waals surface area contributed by atoms with Crippen molar-refractivity contribution >= 4 is 16.9 Å². The number of hydrogen-bond acceptors (Lipinski definition) is 4. The Labute approximate surface area is 194 Å². The van der Waals surface area contributed by atoms with Crippen LogP contribution in [0.4, 0.5) is 0 Å². The molecule has 2 aromatic carbocycles. The van der Waals surface area contributed by atoms with Crippen molar-refractivity contribution in [3.05, 3.63) is 77.0 Å². The zero-order valence-electron chi connectivity index (χ0n) is 19.6. The first-order valence-electron chi connectivity index (χ1n) is 11.1. The maximum absolute atomic E-state index is 5.24. The third kappa shape index (κ3) is 5.34. The van der Waals surface area contributed by atoms with Crippen molar-refractivity contribution in [2.75, 3.05) is 13.7 Å². The molecule has 4 aromatic rings. The third-order valence-corrected chi connectivity index (χ3v) is 5.87. The van der Waals surface area contributed by atoms with Gasteiger partial charge in [0.25, 0.3) is 0 Å². The van der Waals surface area contributed by atoms with Gasteiger partial charge in [-0.05, 0) is 49.1 Å². The Bertz CT molecular complexity index is 1240. The van der Waals surface area contributed by atoms with E-state index in [0.717, 1.165) is 41.9 Å². The summed E-state index contributed by atoms with van der Waals surface area (Å²) >= 11 is 0. The number of methoxy groups -OCH3 is 1. The van der Waals surface area contributed by atoms with E-state index in [1.54, 1.807) is 7.11 Å². The van der Waals surface area contributed by atoms with Crippen molar-refractivity contribution < 1.29 is 4.74 Å². The SMILES string of the molecule is COc1ccc(CN=C(NCCc2c[nH]c3c(C)cccc23)NCc2nnc(C)n2C)cc1. The van der Waals surface area contributed by atoms with Gasteiger partial charge in [-0.3, -0.25) is 0 Å². The van der Waals surface area contributed by atoms with Crippen molar-refractivity contribution in [1.29, 1.82) is 0 Å². The number of para-hydroxylation sites is 1. The van der Waals surface area contributed by atoms with Crippen molar-refractivity contribution in [1.82, 2.24) is 30.4 Å². The molecule has 0 radical (unpaired) electrons. The Morgan fingerprint density at radius 1 is 1.09 bits per heavy atom. The van der Waals surface area contributed by atoms with Crippen molar-refractivity contribution in [2.24, 2.45) is 12.0 Å². The van der Waals surface area contributed by atoms with Gasteiger partial charge in [0, 0.05) is 30.7 Å². The average Bonchev–Trinajstić information content (AvgIpc) is 3.39. The molecule has 0 spiro atoms. The molecule has 0 atom stereocenters. The number of H-pyrrole nitrogens is 1. The van der Waals surface area contributed by atoms with Crippen LogP contribution in [0.25, 0.3) is 10.9 Å². The molecule has 0 saturated heterocycles. The lowest BCUT2D eigenvalue weighted by atomic mass is 10.1. The third-order valence-electron chi connectivity index (χ3n) is 5.87. The van der Waals surface area contributed by atoms with Crippen molar-refractivity contribution in [3.8, 4) is 5.75 Å². The molecule has 0 unspecified atom stereocenters. The number of aryl methyl sites for hydroxylation is 2. The lowest BCUT2D eigenvalue weighted by molar-refractivity contribution is 0.414. The molecule has 2 aromatic heterocycles. The number of fused-ring (bicyclic) bond motifs is 1. The van der Waals surface area contributed by atoms with Gasteiger partial charge in [-0.25, -0.2) is 4.99 Å². The van der Waals surface area contributed by atoms with Gasteiger partial charge in [0.15, 0.2) is 11.8 Å². The molecule has 2 heterocycles. The van der Waals surface area contributed by atoms with Crippen LogP contribution in [0.15, 0.2) is 53.7 Å². The van der Waals surface area contributed by atoms with Gasteiger partial charge in [-0.1, -0.05) is 30.3 Å². The lowest BCUT2D eigenvalue weighted by Gasteiger charge is -2.13. The number of nitrogens with one attached hydrogen (secondary N) is 3. The average molecular weight is 446 g/mol. The minimum atomic E-state index is 0.540. The number of aromatic nitrogens is 4. The van der Waals surface area contributed by atoms with Crippen LogP contribution in [0.3, 0.4) is 0 Å². The first kappa shape index (κ1) is 22.4. The molecule has 8 heteroatoms. The molecule has 3 N–H and O–H groups in total. The number of hydrogen-bond donors (Lipinski definition) is 3. The largest absolute Gasteiger partial charge is 0.497 e. The topological polar surface area (TPSA) is 92.2 Å². The Hall–Kier alpha value is -3.81. The van der Waals surface area contributed by atoms with Gasteiger partial charge in [-0.15, -0.1) is 10.2 Å². The second-order valence-electron chi connectivity index (χ2n) is 8.08. The second-order valence-corrected chi connectivity index (χ2v) is 8.08. The summed E-state index contributed by atoms with van der Waals surface area (Å²) in [6.45, 7) is 5.92. The maximum Gasteiger partial charge on any atom is 0.191 e. The first-order valence-corrected chi connectivity index (χ1v) is 11.1. The van der Waals surface area contributed by atoms with E-state index in [-0.39, 0.29) is 0 Å². The van der Waals surface area contributed by atoms with Gasteiger partial charge in [0.1, 0.15) is 11.6 Å². The summed E-state index contributed by atoms with van der Waals surface area (Å²) in [5.74, 6) is 3.32. The summed E-state index contributed by atoms with van der Waals surface area (Å²) in [7, 11) is 3.63. The number of ether oxygens (including phenoxy) is 1. The predicted molar refractivity (Wildman–Crippen MR) is 131 cm³/mol. The van der Waals surface area contributed by atoms with Crippen LogP contribution < -0.4 is 15.4 Å². The fourth-order valence-corrected chi connectivity index (χ4v) is 3.73. The minimum Gasteiger partial charge on any atom is -0.497 e. The van der Waals surface area contributed by atoms with Crippen molar-refractivity contribution in [2.45, 2.75) is 33.4 Å². The van der Waals surface area contributed by atoms with Crippen LogP contribution >= 0.6 is 0 Å². The molecule has 172 valence electrons. The Morgan fingerprint density at radius 3 is 2.64 bits per heavy atom.